The van der Waals surface area contributed by atoms with Gasteiger partial charge in [0.15, 0.2) is 0 Å². The summed E-state index contributed by atoms with van der Waals surface area (Å²) in [6.45, 7) is 64.0. The largest absolute Gasteiger partial charge is 0.385 e. The van der Waals surface area contributed by atoms with Crippen LogP contribution < -0.4 is 0 Å². The minimum Gasteiger partial charge on any atom is -0.385 e. The summed E-state index contributed by atoms with van der Waals surface area (Å²) in [5.41, 5.74) is 0. The van der Waals surface area contributed by atoms with Crippen LogP contribution in [0.3, 0.4) is 0 Å². The zero-order valence-electron chi connectivity index (χ0n) is 61.8. The molecule has 0 unspecified atom stereocenters. The second kappa shape index (κ2) is 99.5. The van der Waals surface area contributed by atoms with Crippen LogP contribution in [0, 0.1) is 59.4 Å². The maximum Gasteiger partial charge on any atom is 0.0466 e. The van der Waals surface area contributed by atoms with E-state index in [2.05, 4.69) is 157 Å². The van der Waals surface area contributed by atoms with Crippen LogP contribution >= 0.6 is 0 Å². The topological polar surface area (TPSA) is 73.8 Å². The summed E-state index contributed by atoms with van der Waals surface area (Å²) < 4.78 is 39.6. The molecule has 0 amide bonds. The molecular formula is C56H152O8Si8W8-8. The van der Waals surface area contributed by atoms with E-state index in [-0.39, 0.29) is 228 Å². The van der Waals surface area contributed by atoms with Gasteiger partial charge >= 0.3 is 0 Å². The van der Waals surface area contributed by atoms with Crippen molar-refractivity contribution in [2.24, 2.45) is 0 Å². The van der Waals surface area contributed by atoms with Crippen LogP contribution in [0.25, 0.3) is 0 Å². The molecule has 0 bridgehead atoms. The third-order valence-corrected chi connectivity index (χ3v) is 22.1. The van der Waals surface area contributed by atoms with Gasteiger partial charge in [0.1, 0.15) is 0 Å². The van der Waals surface area contributed by atoms with Gasteiger partial charge in [0.05, 0.1) is 0 Å². The van der Waals surface area contributed by atoms with E-state index in [1.807, 2.05) is 0 Å². The number of hydrogen-bond donors (Lipinski definition) is 0. The molecule has 0 aliphatic heterocycles. The summed E-state index contributed by atoms with van der Waals surface area (Å²) >= 11 is 0. The van der Waals surface area contributed by atoms with Crippen molar-refractivity contribution in [2.45, 2.75) is 205 Å². The van der Waals surface area contributed by atoms with Crippen LogP contribution in [0.2, 0.25) is 205 Å². The normalized spacial score (nSPS) is 9.60. The maximum absolute atomic E-state index is 4.95. The summed E-state index contributed by atoms with van der Waals surface area (Å²) in [6.07, 6.45) is 0. The van der Waals surface area contributed by atoms with Crippen molar-refractivity contribution in [3.8, 4) is 0 Å². The summed E-state index contributed by atoms with van der Waals surface area (Å²) in [5.74, 6) is 0. The molecular weight excluding hydrogens is 2500 g/mol. The van der Waals surface area contributed by atoms with Gasteiger partial charge in [-0.25, -0.2) is 0 Å². The smallest absolute Gasteiger partial charge is 0.0466 e. The number of hydrogen-bond acceptors (Lipinski definition) is 8. The maximum atomic E-state index is 4.95. The van der Waals surface area contributed by atoms with Crippen LogP contribution in [0.15, 0.2) is 0 Å². The van der Waals surface area contributed by atoms with E-state index < -0.39 is 64.6 Å². The van der Waals surface area contributed by atoms with Gasteiger partial charge in [-0.2, -0.15) is 0 Å². The molecule has 80 heavy (non-hydrogen) atoms. The standard InChI is InChI=1S/8C6H16OSi.8CH3.8W/c8*1-7-5-6-8(2,3)4;;;;;;;;;;;;;;;;/h8*5-6H2,1-4H3;8*1H3;;;;;;;;/q;;;;;;;;8*-1;;;;;;;;. The van der Waals surface area contributed by atoms with E-state index in [0.29, 0.717) is 0 Å². The molecule has 0 saturated heterocycles. The zero-order valence-corrected chi connectivity index (χ0v) is 93.3. The van der Waals surface area contributed by atoms with E-state index in [4.69, 9.17) is 37.9 Å². The Morgan fingerprint density at radius 2 is 0.200 bits per heavy atom. The molecule has 0 radical (unpaired) electrons. The van der Waals surface area contributed by atoms with Gasteiger partial charge in [-0.3, -0.25) is 0 Å². The summed E-state index contributed by atoms with van der Waals surface area (Å²) in [6, 6.07) is 10.2. The summed E-state index contributed by atoms with van der Waals surface area (Å²) in [5, 5.41) is 0. The fraction of sp³-hybridized carbons (Fsp3) is 0.857. The SMILES string of the molecule is COCC[Si](C)(C)C.COCC[Si](C)(C)C.COCC[Si](C)(C)C.COCC[Si](C)(C)C.COCC[Si](C)(C)C.COCC[Si](C)(C)C.COCC[Si](C)(C)C.COCC[Si](C)(C)C.[CH3-].[CH3-].[CH3-].[CH3-].[CH3-].[CH3-].[CH3-].[CH3-].[W].[W].[W].[W].[W].[W].[W].[W]. The predicted molar refractivity (Wildman–Crippen MR) is 372 cm³/mol. The van der Waals surface area contributed by atoms with Gasteiger partial charge in [-0.15, -0.1) is 0 Å². The molecule has 0 fully saturated rings. The fourth-order valence-corrected chi connectivity index (χ4v) is 9.80. The fourth-order valence-electron chi connectivity index (χ4n) is 3.27. The zero-order chi connectivity index (χ0) is 53.0. The summed E-state index contributed by atoms with van der Waals surface area (Å²) in [7, 11) is 7.69. The molecule has 0 aliphatic rings. The van der Waals surface area contributed by atoms with Crippen molar-refractivity contribution in [3.63, 3.8) is 0 Å². The van der Waals surface area contributed by atoms with Crippen molar-refractivity contribution >= 4 is 64.6 Å². The van der Waals surface area contributed by atoms with Crippen LogP contribution in [0.4, 0.5) is 0 Å². The van der Waals surface area contributed by atoms with Gasteiger partial charge in [-0.05, 0) is 48.4 Å². The molecule has 0 spiro atoms. The van der Waals surface area contributed by atoms with E-state index in [1.54, 1.807) is 56.9 Å². The molecule has 24 heteroatoms. The van der Waals surface area contributed by atoms with Gasteiger partial charge in [0.2, 0.25) is 0 Å². The van der Waals surface area contributed by atoms with Gasteiger partial charge in [0, 0.05) is 343 Å². The summed E-state index contributed by atoms with van der Waals surface area (Å²) in [4.78, 5) is 0. The van der Waals surface area contributed by atoms with Crippen molar-refractivity contribution in [1.29, 1.82) is 0 Å². The molecule has 0 aliphatic carbocycles. The van der Waals surface area contributed by atoms with Gasteiger partial charge in [0.25, 0.3) is 0 Å². The Labute approximate surface area is 637 Å². The van der Waals surface area contributed by atoms with E-state index in [9.17, 15) is 0 Å². The quantitative estimate of drug-likeness (QED) is 0.0699. The van der Waals surface area contributed by atoms with Crippen LogP contribution in [0.5, 0.6) is 0 Å². The molecule has 0 saturated carbocycles. The Kier molecular flexibility index (Phi) is 202. The predicted octanol–water partition coefficient (Wildman–Crippen LogP) is 19.4. The van der Waals surface area contributed by atoms with Crippen LogP contribution in [-0.2, 0) is 206 Å². The number of rotatable bonds is 24. The molecule has 0 rings (SSSR count). The molecule has 0 heterocycles. The van der Waals surface area contributed by atoms with Crippen molar-refractivity contribution in [3.05, 3.63) is 59.4 Å². The second-order valence-corrected chi connectivity index (χ2v) is 71.4. The van der Waals surface area contributed by atoms with Crippen molar-refractivity contribution in [2.75, 3.05) is 110 Å². The second-order valence-electron chi connectivity index (χ2n) is 26.4. The number of ether oxygens (including phenoxy) is 8. The van der Waals surface area contributed by atoms with Crippen LogP contribution in [0.1, 0.15) is 0 Å². The average Bonchev–Trinajstić information content (AvgIpc) is 3.10. The van der Waals surface area contributed by atoms with Gasteiger partial charge in [-0.1, -0.05) is 157 Å². The van der Waals surface area contributed by atoms with Crippen LogP contribution in [-0.4, -0.2) is 174 Å². The molecule has 0 aromatic rings. The Morgan fingerprint density at radius 3 is 0.212 bits per heavy atom. The third-order valence-electron chi connectivity index (χ3n) is 8.45. The van der Waals surface area contributed by atoms with E-state index in [1.165, 1.54) is 48.4 Å². The molecule has 0 atom stereocenters. The van der Waals surface area contributed by atoms with E-state index >= 15 is 0 Å². The first-order chi connectivity index (χ1) is 28.5. The Morgan fingerprint density at radius 1 is 0.150 bits per heavy atom. The first kappa shape index (κ1) is 162. The minimum atomic E-state index is -0.803. The molecule has 512 valence electrons. The molecule has 0 aromatic heterocycles. The first-order valence-electron chi connectivity index (χ1n) is 24.4. The van der Waals surface area contributed by atoms with Crippen molar-refractivity contribution in [1.82, 2.24) is 0 Å². The number of methoxy groups -OCH3 is 8. The molecule has 0 N–H and O–H groups in total. The average molecular weight is 2650 g/mol. The van der Waals surface area contributed by atoms with Gasteiger partial charge < -0.3 is 97.3 Å². The third kappa shape index (κ3) is 272. The Bertz CT molecular complexity index is 705. The Balaban J connectivity index is -0.0000000198. The Hall–Kier alpha value is 6.92. The monoisotopic (exact) mass is 2650 g/mol. The first-order valence-corrected chi connectivity index (χ1v) is 54.1. The van der Waals surface area contributed by atoms with Crippen molar-refractivity contribution < 1.29 is 206 Å². The molecule has 8 nitrogen and oxygen atoms in total. The minimum absolute atomic E-state index is 0. The van der Waals surface area contributed by atoms with E-state index in [0.717, 1.165) is 52.9 Å². The molecule has 0 aromatic carbocycles.